The maximum absolute atomic E-state index is 12.3. The highest BCUT2D eigenvalue weighted by Gasteiger charge is 1.98. The van der Waals surface area contributed by atoms with Crippen molar-refractivity contribution in [1.29, 1.82) is 0 Å². The van der Waals surface area contributed by atoms with Crippen molar-refractivity contribution in [3.8, 4) is 0 Å². The number of hydrogen-bond acceptors (Lipinski definition) is 1. The lowest BCUT2D eigenvalue weighted by atomic mass is 10.2. The highest BCUT2D eigenvalue weighted by Crippen LogP contribution is 1.99. The summed E-state index contributed by atoms with van der Waals surface area (Å²) in [5, 5.41) is 0. The summed E-state index contributed by atoms with van der Waals surface area (Å²) in [6, 6.07) is 0. The van der Waals surface area contributed by atoms with Crippen molar-refractivity contribution in [2.24, 2.45) is 5.73 Å². The minimum Gasteiger partial charge on any atom is -0.328 e. The van der Waals surface area contributed by atoms with Gasteiger partial charge in [-0.25, -0.2) is 4.39 Å². The predicted molar refractivity (Wildman–Crippen MR) is 38.0 cm³/mol. The van der Waals surface area contributed by atoms with E-state index >= 15 is 0 Å². The molecule has 0 spiro atoms. The van der Waals surface area contributed by atoms with Crippen LogP contribution in [0.25, 0.3) is 0 Å². The predicted octanol–water partition coefficient (Wildman–Crippen LogP) is 1.64. The molecule has 0 aromatic carbocycles. The van der Waals surface area contributed by atoms with Gasteiger partial charge in [0.25, 0.3) is 0 Å². The molecule has 0 saturated carbocycles. The summed E-state index contributed by atoms with van der Waals surface area (Å²) in [6.45, 7) is 4.02. The van der Waals surface area contributed by atoms with Crippen LogP contribution in [-0.4, -0.2) is 12.7 Å². The van der Waals surface area contributed by atoms with Crippen molar-refractivity contribution in [1.82, 2.24) is 0 Å². The molecular weight excluding hydrogens is 117 g/mol. The molecular formula is C7H14FN. The van der Waals surface area contributed by atoms with Crippen molar-refractivity contribution in [2.75, 3.05) is 6.54 Å². The van der Waals surface area contributed by atoms with E-state index in [1.807, 2.05) is 19.9 Å². The van der Waals surface area contributed by atoms with Crippen LogP contribution < -0.4 is 5.73 Å². The Hall–Kier alpha value is -0.370. The van der Waals surface area contributed by atoms with Gasteiger partial charge in [0, 0.05) is 6.54 Å². The Morgan fingerprint density at radius 1 is 1.67 bits per heavy atom. The molecule has 0 fully saturated rings. The summed E-state index contributed by atoms with van der Waals surface area (Å²) in [5.74, 6) is 0. The first-order chi connectivity index (χ1) is 4.16. The number of nitrogens with two attached hydrogens (primary N) is 1. The smallest absolute Gasteiger partial charge is 0.116 e. The Morgan fingerprint density at radius 2 is 2.22 bits per heavy atom. The van der Waals surface area contributed by atoms with E-state index in [0.717, 1.165) is 5.57 Å². The van der Waals surface area contributed by atoms with Gasteiger partial charge < -0.3 is 5.73 Å². The number of alkyl halides is 1. The largest absolute Gasteiger partial charge is 0.328 e. The fraction of sp³-hybridized carbons (Fsp3) is 0.714. The Labute approximate surface area is 55.7 Å². The van der Waals surface area contributed by atoms with Crippen LogP contribution in [0.5, 0.6) is 0 Å². The summed E-state index contributed by atoms with van der Waals surface area (Å²) >= 11 is 0. The number of halogens is 1. The first-order valence-electron chi connectivity index (χ1n) is 3.14. The van der Waals surface area contributed by atoms with Gasteiger partial charge in [-0.2, -0.15) is 0 Å². The lowest BCUT2D eigenvalue weighted by Gasteiger charge is -1.98. The highest BCUT2D eigenvalue weighted by atomic mass is 19.1. The minimum absolute atomic E-state index is 0.129. The van der Waals surface area contributed by atoms with Gasteiger partial charge in [0.05, 0.1) is 0 Å². The van der Waals surface area contributed by atoms with Crippen molar-refractivity contribution >= 4 is 0 Å². The molecule has 54 valence electrons. The second-order valence-electron chi connectivity index (χ2n) is 2.35. The topological polar surface area (TPSA) is 26.0 Å². The molecule has 0 unspecified atom stereocenters. The molecule has 0 aliphatic rings. The lowest BCUT2D eigenvalue weighted by molar-refractivity contribution is 0.344. The van der Waals surface area contributed by atoms with Gasteiger partial charge in [-0.15, -0.1) is 0 Å². The molecule has 0 saturated heterocycles. The molecule has 2 heteroatoms. The SMILES string of the molecule is CC(C)=CC[C@H](F)CN. The van der Waals surface area contributed by atoms with Crippen LogP contribution in [0.3, 0.4) is 0 Å². The molecule has 0 aliphatic carbocycles. The van der Waals surface area contributed by atoms with Gasteiger partial charge >= 0.3 is 0 Å². The average molecular weight is 131 g/mol. The molecule has 0 heterocycles. The molecule has 0 amide bonds. The average Bonchev–Trinajstić information content (AvgIpc) is 1.83. The van der Waals surface area contributed by atoms with Crippen molar-refractivity contribution in [3.63, 3.8) is 0 Å². The van der Waals surface area contributed by atoms with Gasteiger partial charge in [0.15, 0.2) is 0 Å². The van der Waals surface area contributed by atoms with E-state index < -0.39 is 6.17 Å². The van der Waals surface area contributed by atoms with E-state index in [0.29, 0.717) is 6.42 Å². The lowest BCUT2D eigenvalue weighted by Crippen LogP contribution is -2.13. The molecule has 0 rings (SSSR count). The number of hydrogen-bond donors (Lipinski definition) is 1. The third-order valence-corrected chi connectivity index (χ3v) is 1.04. The van der Waals surface area contributed by atoms with Gasteiger partial charge in [0.2, 0.25) is 0 Å². The Kier molecular flexibility index (Phi) is 4.32. The molecule has 0 bridgehead atoms. The van der Waals surface area contributed by atoms with Gasteiger partial charge in [-0.05, 0) is 20.3 Å². The van der Waals surface area contributed by atoms with Crippen LogP contribution in [0, 0.1) is 0 Å². The quantitative estimate of drug-likeness (QED) is 0.579. The first-order valence-corrected chi connectivity index (χ1v) is 3.14. The molecule has 9 heavy (non-hydrogen) atoms. The monoisotopic (exact) mass is 131 g/mol. The maximum atomic E-state index is 12.3. The molecule has 0 aliphatic heterocycles. The van der Waals surface area contributed by atoms with E-state index in [1.54, 1.807) is 0 Å². The number of allylic oxidation sites excluding steroid dienone is 2. The third-order valence-electron chi connectivity index (χ3n) is 1.04. The van der Waals surface area contributed by atoms with Crippen LogP contribution in [0.1, 0.15) is 20.3 Å². The maximum Gasteiger partial charge on any atom is 0.116 e. The zero-order valence-corrected chi connectivity index (χ0v) is 6.02. The van der Waals surface area contributed by atoms with Crippen LogP contribution in [0.4, 0.5) is 4.39 Å². The van der Waals surface area contributed by atoms with Crippen molar-refractivity contribution in [2.45, 2.75) is 26.4 Å². The van der Waals surface area contributed by atoms with Gasteiger partial charge in [0.1, 0.15) is 6.17 Å². The van der Waals surface area contributed by atoms with Crippen molar-refractivity contribution < 1.29 is 4.39 Å². The van der Waals surface area contributed by atoms with Crippen LogP contribution in [-0.2, 0) is 0 Å². The van der Waals surface area contributed by atoms with E-state index in [9.17, 15) is 4.39 Å². The zero-order chi connectivity index (χ0) is 7.28. The summed E-state index contributed by atoms with van der Waals surface area (Å²) < 4.78 is 12.3. The number of rotatable bonds is 3. The Balaban J connectivity index is 3.37. The molecule has 2 N–H and O–H groups in total. The standard InChI is InChI=1S/C7H14FN/c1-6(2)3-4-7(8)5-9/h3,7H,4-5,9H2,1-2H3/t7-/m0/s1. The molecule has 1 atom stereocenters. The van der Waals surface area contributed by atoms with E-state index in [2.05, 4.69) is 0 Å². The van der Waals surface area contributed by atoms with Gasteiger partial charge in [-0.3, -0.25) is 0 Å². The molecule has 0 radical (unpaired) electrons. The summed E-state index contributed by atoms with van der Waals surface area (Å²) in [6.07, 6.45) is 1.45. The van der Waals surface area contributed by atoms with E-state index in [1.165, 1.54) is 0 Å². The summed E-state index contributed by atoms with van der Waals surface area (Å²) in [7, 11) is 0. The second-order valence-corrected chi connectivity index (χ2v) is 2.35. The summed E-state index contributed by atoms with van der Waals surface area (Å²) in [5.41, 5.74) is 6.20. The highest BCUT2D eigenvalue weighted by molar-refractivity contribution is 4.94. The van der Waals surface area contributed by atoms with Crippen LogP contribution >= 0.6 is 0 Å². The summed E-state index contributed by atoms with van der Waals surface area (Å²) in [4.78, 5) is 0. The van der Waals surface area contributed by atoms with Crippen LogP contribution in [0.15, 0.2) is 11.6 Å². The Bertz CT molecular complexity index is 95.1. The fourth-order valence-corrected chi connectivity index (χ4v) is 0.460. The van der Waals surface area contributed by atoms with E-state index in [4.69, 9.17) is 5.73 Å². The Morgan fingerprint density at radius 3 is 2.56 bits per heavy atom. The molecule has 1 nitrogen and oxygen atoms in total. The second kappa shape index (κ2) is 4.50. The molecule has 0 aromatic heterocycles. The van der Waals surface area contributed by atoms with Crippen molar-refractivity contribution in [3.05, 3.63) is 11.6 Å². The third kappa shape index (κ3) is 5.50. The zero-order valence-electron chi connectivity index (χ0n) is 6.02. The molecule has 0 aromatic rings. The minimum atomic E-state index is -0.861. The van der Waals surface area contributed by atoms with E-state index in [-0.39, 0.29) is 6.54 Å². The van der Waals surface area contributed by atoms with Crippen LogP contribution in [0.2, 0.25) is 0 Å². The van der Waals surface area contributed by atoms with Gasteiger partial charge in [-0.1, -0.05) is 11.6 Å². The fourth-order valence-electron chi connectivity index (χ4n) is 0.460. The first kappa shape index (κ1) is 8.63. The normalized spacial score (nSPS) is 12.9.